The Morgan fingerprint density at radius 1 is 1.10 bits per heavy atom. The van der Waals surface area contributed by atoms with E-state index in [0.717, 1.165) is 11.1 Å². The molecule has 2 aromatic rings. The van der Waals surface area contributed by atoms with E-state index < -0.39 is 12.0 Å². The number of nitrogens with one attached hydrogen (secondary N) is 1. The molecule has 0 spiro atoms. The summed E-state index contributed by atoms with van der Waals surface area (Å²) in [6.07, 6.45) is 0. The first-order valence-electron chi connectivity index (χ1n) is 7.10. The number of aryl methyl sites for hydroxylation is 2. The first-order chi connectivity index (χ1) is 9.99. The van der Waals surface area contributed by atoms with Crippen molar-refractivity contribution in [3.8, 4) is 0 Å². The van der Waals surface area contributed by atoms with Gasteiger partial charge in [0.05, 0.1) is 0 Å². The molecule has 0 aliphatic heterocycles. The van der Waals surface area contributed by atoms with Crippen molar-refractivity contribution in [1.29, 1.82) is 0 Å². The predicted molar refractivity (Wildman–Crippen MR) is 84.3 cm³/mol. The van der Waals surface area contributed by atoms with Gasteiger partial charge < -0.3 is 5.11 Å². The molecule has 3 nitrogen and oxygen atoms in total. The fourth-order valence-electron chi connectivity index (χ4n) is 2.61. The van der Waals surface area contributed by atoms with Crippen LogP contribution in [0.25, 0.3) is 0 Å². The number of hydrogen-bond acceptors (Lipinski definition) is 2. The lowest BCUT2D eigenvalue weighted by Gasteiger charge is -2.22. The molecule has 0 aliphatic rings. The van der Waals surface area contributed by atoms with Gasteiger partial charge in [-0.15, -0.1) is 0 Å². The third-order valence-electron chi connectivity index (χ3n) is 3.69. The molecular formula is C18H21NO2. The van der Waals surface area contributed by atoms with Gasteiger partial charge in [0.25, 0.3) is 0 Å². The van der Waals surface area contributed by atoms with Gasteiger partial charge in [-0.3, -0.25) is 10.1 Å². The van der Waals surface area contributed by atoms with Crippen LogP contribution in [0.1, 0.15) is 41.3 Å². The fourth-order valence-corrected chi connectivity index (χ4v) is 2.61. The highest BCUT2D eigenvalue weighted by atomic mass is 16.4. The smallest absolute Gasteiger partial charge is 0.325 e. The summed E-state index contributed by atoms with van der Waals surface area (Å²) in [6.45, 7) is 6.11. The van der Waals surface area contributed by atoms with Gasteiger partial charge in [0, 0.05) is 6.04 Å². The molecule has 0 saturated heterocycles. The Hall–Kier alpha value is -2.13. The van der Waals surface area contributed by atoms with Crippen molar-refractivity contribution in [3.63, 3.8) is 0 Å². The maximum absolute atomic E-state index is 11.5. The van der Waals surface area contributed by atoms with Gasteiger partial charge in [-0.1, -0.05) is 54.1 Å². The van der Waals surface area contributed by atoms with Gasteiger partial charge in [0.1, 0.15) is 6.04 Å². The zero-order valence-corrected chi connectivity index (χ0v) is 12.6. The van der Waals surface area contributed by atoms with E-state index in [0.29, 0.717) is 0 Å². The van der Waals surface area contributed by atoms with Gasteiger partial charge in [0.15, 0.2) is 0 Å². The third-order valence-corrected chi connectivity index (χ3v) is 3.69. The van der Waals surface area contributed by atoms with E-state index in [1.807, 2.05) is 37.3 Å². The minimum atomic E-state index is -0.863. The highest BCUT2D eigenvalue weighted by molar-refractivity contribution is 5.75. The van der Waals surface area contributed by atoms with Crippen LogP contribution in [0.3, 0.4) is 0 Å². The van der Waals surface area contributed by atoms with Crippen LogP contribution in [0.4, 0.5) is 0 Å². The molecule has 0 fully saturated rings. The summed E-state index contributed by atoms with van der Waals surface area (Å²) >= 11 is 0. The predicted octanol–water partition coefficient (Wildman–Crippen LogP) is 3.78. The zero-order chi connectivity index (χ0) is 15.4. The van der Waals surface area contributed by atoms with E-state index >= 15 is 0 Å². The fraction of sp³-hybridized carbons (Fsp3) is 0.278. The zero-order valence-electron chi connectivity index (χ0n) is 12.6. The molecule has 0 saturated carbocycles. The van der Waals surface area contributed by atoms with E-state index in [1.54, 1.807) is 0 Å². The lowest BCUT2D eigenvalue weighted by molar-refractivity contribution is -0.139. The molecule has 0 aromatic heterocycles. The maximum atomic E-state index is 11.5. The number of carboxylic acid groups (broad SMARTS) is 1. The summed E-state index contributed by atoms with van der Waals surface area (Å²) in [5.74, 6) is -0.863. The van der Waals surface area contributed by atoms with Crippen LogP contribution in [0.2, 0.25) is 0 Å². The van der Waals surface area contributed by atoms with E-state index in [1.165, 1.54) is 11.1 Å². The van der Waals surface area contributed by atoms with Gasteiger partial charge in [-0.05, 0) is 37.5 Å². The third kappa shape index (κ3) is 3.70. The monoisotopic (exact) mass is 283 g/mol. The maximum Gasteiger partial charge on any atom is 0.325 e. The molecule has 0 radical (unpaired) electrons. The first-order valence-corrected chi connectivity index (χ1v) is 7.10. The second-order valence-corrected chi connectivity index (χ2v) is 5.43. The molecule has 21 heavy (non-hydrogen) atoms. The molecule has 2 N–H and O–H groups in total. The summed E-state index contributed by atoms with van der Waals surface area (Å²) < 4.78 is 0. The highest BCUT2D eigenvalue weighted by Gasteiger charge is 2.22. The van der Waals surface area contributed by atoms with Crippen LogP contribution in [-0.4, -0.2) is 11.1 Å². The molecule has 2 rings (SSSR count). The molecular weight excluding hydrogens is 262 g/mol. The number of rotatable bonds is 5. The molecule has 2 atom stereocenters. The second-order valence-electron chi connectivity index (χ2n) is 5.43. The molecule has 0 bridgehead atoms. The quantitative estimate of drug-likeness (QED) is 0.878. The van der Waals surface area contributed by atoms with Crippen molar-refractivity contribution in [2.75, 3.05) is 0 Å². The van der Waals surface area contributed by atoms with E-state index in [2.05, 4.69) is 37.4 Å². The summed E-state index contributed by atoms with van der Waals surface area (Å²) in [7, 11) is 0. The minimum Gasteiger partial charge on any atom is -0.480 e. The Morgan fingerprint density at radius 3 is 2.33 bits per heavy atom. The van der Waals surface area contributed by atoms with Crippen LogP contribution >= 0.6 is 0 Å². The van der Waals surface area contributed by atoms with Crippen LogP contribution in [0.5, 0.6) is 0 Å². The second kappa shape index (κ2) is 6.55. The van der Waals surface area contributed by atoms with Crippen molar-refractivity contribution >= 4 is 5.97 Å². The SMILES string of the molecule is Cc1ccc(C(C)NC(C(=O)O)c2ccccc2)c(C)c1. The normalized spacial score (nSPS) is 13.7. The van der Waals surface area contributed by atoms with E-state index in [-0.39, 0.29) is 6.04 Å². The van der Waals surface area contributed by atoms with Crippen LogP contribution < -0.4 is 5.32 Å². The van der Waals surface area contributed by atoms with Crippen molar-refractivity contribution in [2.24, 2.45) is 0 Å². The van der Waals surface area contributed by atoms with Crippen LogP contribution in [-0.2, 0) is 4.79 Å². The molecule has 3 heteroatoms. The van der Waals surface area contributed by atoms with Gasteiger partial charge >= 0.3 is 5.97 Å². The molecule has 0 heterocycles. The standard InChI is InChI=1S/C18H21NO2/c1-12-9-10-16(13(2)11-12)14(3)19-17(18(20)21)15-7-5-4-6-8-15/h4-11,14,17,19H,1-3H3,(H,20,21). The Labute approximate surface area is 125 Å². The molecule has 110 valence electrons. The number of carbonyl (C=O) groups is 1. The topological polar surface area (TPSA) is 49.3 Å². The Morgan fingerprint density at radius 2 is 1.76 bits per heavy atom. The van der Waals surface area contributed by atoms with Crippen LogP contribution in [0, 0.1) is 13.8 Å². The lowest BCUT2D eigenvalue weighted by Crippen LogP contribution is -2.31. The van der Waals surface area contributed by atoms with E-state index in [9.17, 15) is 9.90 Å². The van der Waals surface area contributed by atoms with Gasteiger partial charge in [0.2, 0.25) is 0 Å². The largest absolute Gasteiger partial charge is 0.480 e. The number of carboxylic acids is 1. The number of hydrogen-bond donors (Lipinski definition) is 2. The average Bonchev–Trinajstić information content (AvgIpc) is 2.45. The molecule has 2 unspecified atom stereocenters. The summed E-state index contributed by atoms with van der Waals surface area (Å²) in [4.78, 5) is 11.5. The van der Waals surface area contributed by atoms with Crippen molar-refractivity contribution in [3.05, 3.63) is 70.8 Å². The highest BCUT2D eigenvalue weighted by Crippen LogP contribution is 2.23. The lowest BCUT2D eigenvalue weighted by atomic mass is 9.98. The van der Waals surface area contributed by atoms with Crippen molar-refractivity contribution < 1.29 is 9.90 Å². The van der Waals surface area contributed by atoms with Crippen molar-refractivity contribution in [2.45, 2.75) is 32.9 Å². The molecule has 0 amide bonds. The van der Waals surface area contributed by atoms with Crippen molar-refractivity contribution in [1.82, 2.24) is 5.32 Å². The average molecular weight is 283 g/mol. The molecule has 0 aliphatic carbocycles. The Kier molecular flexibility index (Phi) is 4.76. The molecule has 2 aromatic carbocycles. The summed E-state index contributed by atoms with van der Waals surface area (Å²) in [5, 5.41) is 12.7. The first kappa shape index (κ1) is 15.3. The van der Waals surface area contributed by atoms with Gasteiger partial charge in [-0.2, -0.15) is 0 Å². The minimum absolute atomic E-state index is 0.0353. The van der Waals surface area contributed by atoms with Crippen LogP contribution in [0.15, 0.2) is 48.5 Å². The number of aliphatic carboxylic acids is 1. The van der Waals surface area contributed by atoms with E-state index in [4.69, 9.17) is 0 Å². The Bertz CT molecular complexity index is 622. The van der Waals surface area contributed by atoms with Gasteiger partial charge in [-0.25, -0.2) is 0 Å². The Balaban J connectivity index is 2.23. The summed E-state index contributed by atoms with van der Waals surface area (Å²) in [5.41, 5.74) is 4.28. The number of benzene rings is 2. The summed E-state index contributed by atoms with van der Waals surface area (Å²) in [6, 6.07) is 14.8.